The Morgan fingerprint density at radius 3 is 2.29 bits per heavy atom. The molecule has 174 valence electrons. The second kappa shape index (κ2) is 11.0. The molecule has 0 radical (unpaired) electrons. The summed E-state index contributed by atoms with van der Waals surface area (Å²) in [6.45, 7) is 21.3. The molecule has 0 saturated carbocycles. The van der Waals surface area contributed by atoms with Crippen molar-refractivity contribution in [2.24, 2.45) is 0 Å². The fourth-order valence-electron chi connectivity index (χ4n) is 4.74. The minimum absolute atomic E-state index is 0.185. The standard InChI is InChI=1S/C33H37N/c1-8-10-12-18-25(3)19-17-23-29-26(4)34(32-24-16-15-22-30(29)32)27(5)31(9-2)33(6,7)28-20-13-11-14-21-28/h8-16,18,20-24H,1-2,4,17,19H2,3,5-7H3/b12-10-,25-18+,29-23+,31-27-. The van der Waals surface area contributed by atoms with Crippen LogP contribution in [-0.2, 0) is 5.41 Å². The van der Waals surface area contributed by atoms with E-state index in [9.17, 15) is 0 Å². The zero-order valence-corrected chi connectivity index (χ0v) is 21.1. The van der Waals surface area contributed by atoms with Gasteiger partial charge >= 0.3 is 0 Å². The van der Waals surface area contributed by atoms with Crippen molar-refractivity contribution in [2.45, 2.75) is 46.0 Å². The van der Waals surface area contributed by atoms with Crippen molar-refractivity contribution in [2.75, 3.05) is 0 Å². The number of hydrogen-bond donors (Lipinski definition) is 0. The first-order valence-corrected chi connectivity index (χ1v) is 12.0. The third kappa shape index (κ3) is 5.15. The predicted octanol–water partition coefficient (Wildman–Crippen LogP) is 7.70. The number of allylic oxidation sites excluding steroid dienone is 8. The molecule has 1 heteroatoms. The van der Waals surface area contributed by atoms with Crippen LogP contribution in [0.1, 0.15) is 46.1 Å². The number of fused-ring (bicyclic) bond motifs is 1. The van der Waals surface area contributed by atoms with Crippen molar-refractivity contribution in [3.05, 3.63) is 125 Å². The fourth-order valence-corrected chi connectivity index (χ4v) is 4.74. The molecule has 0 aliphatic heterocycles. The van der Waals surface area contributed by atoms with Crippen molar-refractivity contribution >= 4 is 29.3 Å². The molecule has 0 aliphatic rings. The van der Waals surface area contributed by atoms with E-state index in [1.54, 1.807) is 6.08 Å². The van der Waals surface area contributed by atoms with Crippen LogP contribution < -0.4 is 10.6 Å². The van der Waals surface area contributed by atoms with Gasteiger partial charge in [-0.25, -0.2) is 0 Å². The Labute approximate surface area is 205 Å². The highest BCUT2D eigenvalue weighted by Gasteiger charge is 2.26. The van der Waals surface area contributed by atoms with Crippen LogP contribution in [0.3, 0.4) is 0 Å². The molecule has 0 aliphatic carbocycles. The van der Waals surface area contributed by atoms with Crippen LogP contribution in [0.2, 0.25) is 0 Å². The highest BCUT2D eigenvalue weighted by Crippen LogP contribution is 2.35. The highest BCUT2D eigenvalue weighted by atomic mass is 15.0. The van der Waals surface area contributed by atoms with Gasteiger partial charge in [0.2, 0.25) is 0 Å². The Bertz CT molecular complexity index is 1370. The van der Waals surface area contributed by atoms with Crippen LogP contribution in [0.25, 0.3) is 29.3 Å². The molecule has 1 aromatic heterocycles. The zero-order valence-electron chi connectivity index (χ0n) is 21.1. The van der Waals surface area contributed by atoms with E-state index in [2.05, 4.69) is 119 Å². The van der Waals surface area contributed by atoms with Crippen LogP contribution in [0.4, 0.5) is 0 Å². The van der Waals surface area contributed by atoms with Gasteiger partial charge in [-0.05, 0) is 43.9 Å². The molecular weight excluding hydrogens is 410 g/mol. The summed E-state index contributed by atoms with van der Waals surface area (Å²) in [5, 5.41) is 3.47. The molecule has 0 amide bonds. The monoisotopic (exact) mass is 447 g/mol. The number of hydrogen-bond acceptors (Lipinski definition) is 0. The van der Waals surface area contributed by atoms with Gasteiger partial charge < -0.3 is 4.57 Å². The summed E-state index contributed by atoms with van der Waals surface area (Å²) < 4.78 is 2.30. The lowest BCUT2D eigenvalue weighted by molar-refractivity contribution is 0.637. The van der Waals surface area contributed by atoms with Gasteiger partial charge in [0.05, 0.1) is 5.52 Å². The van der Waals surface area contributed by atoms with Gasteiger partial charge in [-0.3, -0.25) is 0 Å². The van der Waals surface area contributed by atoms with Crippen molar-refractivity contribution in [1.82, 2.24) is 4.57 Å². The largest absolute Gasteiger partial charge is 0.314 e. The third-order valence-electron chi connectivity index (χ3n) is 6.63. The molecule has 0 fully saturated rings. The van der Waals surface area contributed by atoms with Gasteiger partial charge in [-0.1, -0.05) is 124 Å². The van der Waals surface area contributed by atoms with Gasteiger partial charge in [0.15, 0.2) is 0 Å². The quantitative estimate of drug-likeness (QED) is 0.296. The number of para-hydroxylation sites is 1. The summed E-state index contributed by atoms with van der Waals surface area (Å²) in [7, 11) is 0. The van der Waals surface area contributed by atoms with E-state index in [1.807, 2.05) is 18.2 Å². The van der Waals surface area contributed by atoms with Gasteiger partial charge in [-0.2, -0.15) is 0 Å². The second-order valence-electron chi connectivity index (χ2n) is 9.28. The van der Waals surface area contributed by atoms with E-state index in [0.29, 0.717) is 0 Å². The van der Waals surface area contributed by atoms with Crippen molar-refractivity contribution in [3.8, 4) is 0 Å². The molecule has 3 aromatic rings. The first-order valence-electron chi connectivity index (χ1n) is 12.0. The Morgan fingerprint density at radius 2 is 1.62 bits per heavy atom. The molecule has 3 rings (SSSR count). The van der Waals surface area contributed by atoms with Crippen molar-refractivity contribution in [3.63, 3.8) is 0 Å². The maximum atomic E-state index is 4.54. The van der Waals surface area contributed by atoms with E-state index in [4.69, 9.17) is 0 Å². The molecule has 0 saturated heterocycles. The lowest BCUT2D eigenvalue weighted by atomic mass is 9.76. The normalized spacial score (nSPS) is 14.0. The van der Waals surface area contributed by atoms with Crippen LogP contribution in [0.5, 0.6) is 0 Å². The summed E-state index contributed by atoms with van der Waals surface area (Å²) >= 11 is 0. The smallest absolute Gasteiger partial charge is 0.0537 e. The Hall–Kier alpha value is -3.58. The molecule has 1 heterocycles. The maximum Gasteiger partial charge on any atom is 0.0537 e. The molecule has 0 bridgehead atoms. The topological polar surface area (TPSA) is 4.93 Å². The zero-order chi connectivity index (χ0) is 24.7. The van der Waals surface area contributed by atoms with Gasteiger partial charge in [0.1, 0.15) is 0 Å². The molecule has 0 unspecified atom stereocenters. The molecule has 0 N–H and O–H groups in total. The molecule has 1 nitrogen and oxygen atoms in total. The number of benzene rings is 2. The minimum atomic E-state index is -0.185. The first-order chi connectivity index (χ1) is 16.3. The fraction of sp³-hybridized carbons (Fsp3) is 0.212. The first kappa shape index (κ1) is 25.1. The predicted molar refractivity (Wildman–Crippen MR) is 152 cm³/mol. The van der Waals surface area contributed by atoms with E-state index in [-0.39, 0.29) is 5.41 Å². The molecule has 2 aromatic carbocycles. The molecule has 0 spiro atoms. The average molecular weight is 448 g/mol. The Kier molecular flexibility index (Phi) is 8.12. The molecule has 34 heavy (non-hydrogen) atoms. The SMILES string of the molecule is C=C/C=C\C=C(/C)CC/C=c1\c(=C)n(/C(C)=C(/C=C)C(C)(C)c2ccccc2)c2ccccc12. The van der Waals surface area contributed by atoms with Crippen LogP contribution in [-0.4, -0.2) is 4.57 Å². The van der Waals surface area contributed by atoms with Gasteiger partial charge in [0, 0.05) is 27.1 Å². The minimum Gasteiger partial charge on any atom is -0.314 e. The van der Waals surface area contributed by atoms with Crippen LogP contribution in [0, 0.1) is 0 Å². The van der Waals surface area contributed by atoms with Gasteiger partial charge in [0.25, 0.3) is 0 Å². The highest BCUT2D eigenvalue weighted by molar-refractivity contribution is 5.85. The average Bonchev–Trinajstić information content (AvgIpc) is 3.11. The third-order valence-corrected chi connectivity index (χ3v) is 6.63. The molecular formula is C33H37N. The summed E-state index contributed by atoms with van der Waals surface area (Å²) in [6, 6.07) is 19.2. The van der Waals surface area contributed by atoms with Crippen LogP contribution in [0.15, 0.2) is 109 Å². The van der Waals surface area contributed by atoms with Gasteiger partial charge in [-0.15, -0.1) is 0 Å². The Morgan fingerprint density at radius 1 is 0.941 bits per heavy atom. The van der Waals surface area contributed by atoms with Crippen LogP contribution >= 0.6 is 0 Å². The summed E-state index contributed by atoms with van der Waals surface area (Å²) in [5.74, 6) is 0. The Balaban J connectivity index is 2.13. The summed E-state index contributed by atoms with van der Waals surface area (Å²) in [4.78, 5) is 0. The second-order valence-corrected chi connectivity index (χ2v) is 9.28. The lowest BCUT2D eigenvalue weighted by Crippen LogP contribution is -2.29. The van der Waals surface area contributed by atoms with Crippen molar-refractivity contribution in [1.29, 1.82) is 0 Å². The number of aromatic nitrogens is 1. The summed E-state index contributed by atoms with van der Waals surface area (Å²) in [6.07, 6.45) is 14.3. The number of nitrogens with zero attached hydrogens (tertiary/aromatic N) is 1. The van der Waals surface area contributed by atoms with E-state index in [0.717, 1.165) is 23.9 Å². The number of rotatable bonds is 9. The summed E-state index contributed by atoms with van der Waals surface area (Å²) in [5.41, 5.74) is 5.97. The van der Waals surface area contributed by atoms with E-state index < -0.39 is 0 Å². The van der Waals surface area contributed by atoms with E-state index >= 15 is 0 Å². The van der Waals surface area contributed by atoms with E-state index in [1.165, 1.54) is 32.8 Å². The lowest BCUT2D eigenvalue weighted by Gasteiger charge is -2.29. The van der Waals surface area contributed by atoms with Crippen molar-refractivity contribution < 1.29 is 0 Å². The maximum absolute atomic E-state index is 4.54. The molecule has 0 atom stereocenters.